The van der Waals surface area contributed by atoms with Gasteiger partial charge < -0.3 is 18.9 Å². The van der Waals surface area contributed by atoms with Crippen LogP contribution in [-0.4, -0.2) is 38.3 Å². The van der Waals surface area contributed by atoms with Crippen LogP contribution in [0.3, 0.4) is 0 Å². The van der Waals surface area contributed by atoms with Crippen molar-refractivity contribution in [2.75, 3.05) is 33.4 Å². The molecule has 0 spiro atoms. The van der Waals surface area contributed by atoms with Crippen molar-refractivity contribution >= 4 is 21.4 Å². The molecule has 1 aliphatic heterocycles. The van der Waals surface area contributed by atoms with Crippen LogP contribution in [0.2, 0.25) is 0 Å². The first-order chi connectivity index (χ1) is 20.2. The van der Waals surface area contributed by atoms with Crippen molar-refractivity contribution in [2.24, 2.45) is 0 Å². The molecule has 6 heteroatoms. The van der Waals surface area contributed by atoms with Gasteiger partial charge >= 0.3 is 0 Å². The summed E-state index contributed by atoms with van der Waals surface area (Å²) in [5.41, 5.74) is 2.22. The molecular weight excluding hydrogens is 530 g/mol. The van der Waals surface area contributed by atoms with Gasteiger partial charge in [-0.2, -0.15) is 0 Å². The van der Waals surface area contributed by atoms with Crippen molar-refractivity contribution in [3.05, 3.63) is 103 Å². The van der Waals surface area contributed by atoms with Crippen LogP contribution in [0.1, 0.15) is 24.8 Å². The van der Waals surface area contributed by atoms with E-state index < -0.39 is 0 Å². The monoisotopic (exact) mass is 565 g/mol. The highest BCUT2D eigenvalue weighted by molar-refractivity contribution is 7.22. The van der Waals surface area contributed by atoms with Gasteiger partial charge in [0.05, 0.1) is 12.0 Å². The van der Waals surface area contributed by atoms with Crippen LogP contribution >= 0.6 is 11.3 Å². The number of methoxy groups -OCH3 is 1. The largest absolute Gasteiger partial charge is 0.497 e. The lowest BCUT2D eigenvalue weighted by Gasteiger charge is -2.26. The molecule has 0 saturated carbocycles. The molecule has 0 aliphatic carbocycles. The maximum absolute atomic E-state index is 6.56. The molecular formula is C35H35NO4S. The van der Waals surface area contributed by atoms with Gasteiger partial charge in [0.15, 0.2) is 5.75 Å². The molecule has 0 unspecified atom stereocenters. The Kier molecular flexibility index (Phi) is 8.69. The fourth-order valence-electron chi connectivity index (χ4n) is 5.11. The third-order valence-electron chi connectivity index (χ3n) is 7.39. The average molecular weight is 566 g/mol. The number of nitrogens with zero attached hydrogens (tertiary/aromatic N) is 1. The summed E-state index contributed by atoms with van der Waals surface area (Å²) >= 11 is 1.69. The van der Waals surface area contributed by atoms with Crippen LogP contribution in [0.4, 0.5) is 0 Å². The van der Waals surface area contributed by atoms with E-state index in [1.54, 1.807) is 18.4 Å². The SMILES string of the molecule is COc1ccc2c(Oc3ccc(OCCN4CCCCC4)cc3)c(-c3ccc(OCc4ccccc4)cc3)sc2c1. The Morgan fingerprint density at radius 2 is 1.39 bits per heavy atom. The summed E-state index contributed by atoms with van der Waals surface area (Å²) in [5, 5.41) is 1.05. The lowest BCUT2D eigenvalue weighted by molar-refractivity contribution is 0.183. The number of hydrogen-bond donors (Lipinski definition) is 0. The van der Waals surface area contributed by atoms with Gasteiger partial charge in [-0.25, -0.2) is 0 Å². The smallest absolute Gasteiger partial charge is 0.153 e. The second kappa shape index (κ2) is 13.1. The summed E-state index contributed by atoms with van der Waals surface area (Å²) in [4.78, 5) is 3.55. The van der Waals surface area contributed by atoms with Gasteiger partial charge in [0.1, 0.15) is 36.2 Å². The first-order valence-electron chi connectivity index (χ1n) is 14.3. The Labute approximate surface area is 245 Å². The fraction of sp³-hybridized carbons (Fsp3) is 0.257. The number of thiophene rings is 1. The summed E-state index contributed by atoms with van der Waals surface area (Å²) in [6, 6.07) is 32.5. The molecule has 0 atom stereocenters. The van der Waals surface area contributed by atoms with Gasteiger partial charge in [-0.05, 0) is 104 Å². The normalized spacial score (nSPS) is 13.7. The quantitative estimate of drug-likeness (QED) is 0.160. The molecule has 0 amide bonds. The predicted molar refractivity (Wildman–Crippen MR) is 167 cm³/mol. The number of hydrogen-bond acceptors (Lipinski definition) is 6. The van der Waals surface area contributed by atoms with E-state index in [1.807, 2.05) is 60.7 Å². The standard InChI is InChI=1S/C35H35NO4S/c1-37-31-18-19-32-33(24-31)41-35(27-10-12-29(13-11-27)39-25-26-8-4-2-5-9-26)34(32)40-30-16-14-28(15-17-30)38-23-22-36-20-6-3-7-21-36/h2,4-5,8-19,24H,3,6-7,20-23,25H2,1H3. The summed E-state index contributed by atoms with van der Waals surface area (Å²) in [6.45, 7) is 4.58. The van der Waals surface area contributed by atoms with E-state index in [-0.39, 0.29) is 0 Å². The van der Waals surface area contributed by atoms with Crippen LogP contribution in [0, 0.1) is 0 Å². The van der Waals surface area contributed by atoms with E-state index in [0.29, 0.717) is 13.2 Å². The highest BCUT2D eigenvalue weighted by Crippen LogP contribution is 2.47. The molecule has 6 rings (SSSR count). The van der Waals surface area contributed by atoms with E-state index in [0.717, 1.165) is 61.4 Å². The third kappa shape index (κ3) is 6.84. The molecule has 1 fully saturated rings. The van der Waals surface area contributed by atoms with Crippen molar-refractivity contribution in [1.82, 2.24) is 4.90 Å². The zero-order chi connectivity index (χ0) is 27.9. The molecule has 1 aliphatic rings. The Morgan fingerprint density at radius 3 is 2.15 bits per heavy atom. The average Bonchev–Trinajstić information content (AvgIpc) is 3.39. The van der Waals surface area contributed by atoms with E-state index in [2.05, 4.69) is 41.3 Å². The van der Waals surface area contributed by atoms with E-state index >= 15 is 0 Å². The second-order valence-electron chi connectivity index (χ2n) is 10.2. The predicted octanol–water partition coefficient (Wildman–Crippen LogP) is 8.81. The van der Waals surface area contributed by atoms with Crippen molar-refractivity contribution in [3.8, 4) is 39.2 Å². The molecule has 1 saturated heterocycles. The number of fused-ring (bicyclic) bond motifs is 1. The number of benzene rings is 4. The molecule has 5 aromatic rings. The summed E-state index contributed by atoms with van der Waals surface area (Å²) in [6.07, 6.45) is 3.94. The summed E-state index contributed by atoms with van der Waals surface area (Å²) < 4.78 is 25.2. The minimum atomic E-state index is 0.537. The highest BCUT2D eigenvalue weighted by Gasteiger charge is 2.18. The van der Waals surface area contributed by atoms with Crippen LogP contribution < -0.4 is 18.9 Å². The summed E-state index contributed by atoms with van der Waals surface area (Å²) in [5.74, 6) is 4.13. The number of rotatable bonds is 11. The third-order valence-corrected chi connectivity index (χ3v) is 8.57. The maximum atomic E-state index is 6.56. The molecule has 0 radical (unpaired) electrons. The Balaban J connectivity index is 1.18. The first kappa shape index (κ1) is 27.2. The Hall–Kier alpha value is -4.00. The fourth-order valence-corrected chi connectivity index (χ4v) is 6.28. The lowest BCUT2D eigenvalue weighted by atomic mass is 10.1. The molecule has 4 aromatic carbocycles. The van der Waals surface area contributed by atoms with Gasteiger partial charge in [-0.1, -0.05) is 36.8 Å². The molecule has 2 heterocycles. The van der Waals surface area contributed by atoms with Crippen LogP contribution in [0.25, 0.3) is 20.5 Å². The Bertz CT molecular complexity index is 1540. The number of likely N-dealkylation sites (tertiary alicyclic amines) is 1. The molecule has 0 bridgehead atoms. The van der Waals surface area contributed by atoms with Crippen LogP contribution in [-0.2, 0) is 6.61 Å². The lowest BCUT2D eigenvalue weighted by Crippen LogP contribution is -2.33. The van der Waals surface area contributed by atoms with E-state index in [4.69, 9.17) is 18.9 Å². The summed E-state index contributed by atoms with van der Waals surface area (Å²) in [7, 11) is 1.69. The second-order valence-corrected chi connectivity index (χ2v) is 11.3. The van der Waals surface area contributed by atoms with Crippen molar-refractivity contribution in [3.63, 3.8) is 0 Å². The molecule has 5 nitrogen and oxygen atoms in total. The van der Waals surface area contributed by atoms with E-state index in [9.17, 15) is 0 Å². The minimum Gasteiger partial charge on any atom is -0.497 e. The minimum absolute atomic E-state index is 0.537. The van der Waals surface area contributed by atoms with Gasteiger partial charge in [0.2, 0.25) is 0 Å². The molecule has 0 N–H and O–H groups in total. The topological polar surface area (TPSA) is 40.2 Å². The highest BCUT2D eigenvalue weighted by atomic mass is 32.1. The number of ether oxygens (including phenoxy) is 4. The molecule has 41 heavy (non-hydrogen) atoms. The van der Waals surface area contributed by atoms with Gasteiger partial charge in [-0.3, -0.25) is 4.90 Å². The van der Waals surface area contributed by atoms with Crippen LogP contribution in [0.15, 0.2) is 97.1 Å². The van der Waals surface area contributed by atoms with Gasteiger partial charge in [0, 0.05) is 16.6 Å². The van der Waals surface area contributed by atoms with Gasteiger partial charge in [-0.15, -0.1) is 11.3 Å². The first-order valence-corrected chi connectivity index (χ1v) is 15.1. The molecule has 210 valence electrons. The van der Waals surface area contributed by atoms with E-state index in [1.165, 1.54) is 32.4 Å². The van der Waals surface area contributed by atoms with Crippen molar-refractivity contribution in [2.45, 2.75) is 25.9 Å². The van der Waals surface area contributed by atoms with Crippen molar-refractivity contribution < 1.29 is 18.9 Å². The van der Waals surface area contributed by atoms with Crippen molar-refractivity contribution in [1.29, 1.82) is 0 Å². The van der Waals surface area contributed by atoms with Crippen LogP contribution in [0.5, 0.6) is 28.7 Å². The Morgan fingerprint density at radius 1 is 0.707 bits per heavy atom. The zero-order valence-corrected chi connectivity index (χ0v) is 24.2. The zero-order valence-electron chi connectivity index (χ0n) is 23.4. The maximum Gasteiger partial charge on any atom is 0.153 e. The molecule has 1 aromatic heterocycles. The number of piperidine rings is 1. The van der Waals surface area contributed by atoms with Gasteiger partial charge in [0.25, 0.3) is 0 Å².